The maximum absolute atomic E-state index is 12.9. The third kappa shape index (κ3) is 2.72. The molecule has 3 aromatic heterocycles. The fourth-order valence-electron chi connectivity index (χ4n) is 4.05. The van der Waals surface area contributed by atoms with Gasteiger partial charge in [0.1, 0.15) is 0 Å². The van der Waals surface area contributed by atoms with Crippen LogP contribution in [0.5, 0.6) is 0 Å². The standard InChI is InChI=1S/C20H22N6O2/c1-22-8-9-25(20(22)28)18-11-21-26(14-18)17-5-7-24(13-17)19(27)15-10-16-4-2-3-6-23(16)12-15/h2-4,6,10-12,14,17H,5,7-9,13H2,1H3. The third-order valence-corrected chi connectivity index (χ3v) is 5.69. The highest BCUT2D eigenvalue weighted by Gasteiger charge is 2.31. The Bertz CT molecular complexity index is 1020. The molecule has 1 unspecified atom stereocenters. The molecule has 0 N–H and O–H groups in total. The summed E-state index contributed by atoms with van der Waals surface area (Å²) in [6.45, 7) is 2.73. The lowest BCUT2D eigenvalue weighted by molar-refractivity contribution is 0.0787. The van der Waals surface area contributed by atoms with E-state index >= 15 is 0 Å². The molecule has 8 heteroatoms. The van der Waals surface area contributed by atoms with E-state index in [2.05, 4.69) is 5.10 Å². The Labute approximate surface area is 162 Å². The summed E-state index contributed by atoms with van der Waals surface area (Å²) in [7, 11) is 1.80. The summed E-state index contributed by atoms with van der Waals surface area (Å²) < 4.78 is 3.86. The van der Waals surface area contributed by atoms with Crippen LogP contribution in [0.2, 0.25) is 0 Å². The van der Waals surface area contributed by atoms with E-state index in [1.165, 1.54) is 0 Å². The zero-order valence-corrected chi connectivity index (χ0v) is 15.7. The molecule has 0 aromatic carbocycles. The lowest BCUT2D eigenvalue weighted by atomic mass is 10.2. The van der Waals surface area contributed by atoms with Gasteiger partial charge in [0.25, 0.3) is 5.91 Å². The van der Waals surface area contributed by atoms with Crippen molar-refractivity contribution in [3.05, 3.63) is 54.6 Å². The maximum atomic E-state index is 12.9. The Kier molecular flexibility index (Phi) is 3.85. The first kappa shape index (κ1) is 16.9. The van der Waals surface area contributed by atoms with E-state index in [9.17, 15) is 9.59 Å². The van der Waals surface area contributed by atoms with Gasteiger partial charge in [-0.1, -0.05) is 6.07 Å². The van der Waals surface area contributed by atoms with Gasteiger partial charge in [-0.3, -0.25) is 14.4 Å². The van der Waals surface area contributed by atoms with Crippen molar-refractivity contribution in [3.8, 4) is 0 Å². The minimum Gasteiger partial charge on any atom is -0.336 e. The fourth-order valence-corrected chi connectivity index (χ4v) is 4.05. The number of amides is 3. The third-order valence-electron chi connectivity index (χ3n) is 5.69. The smallest absolute Gasteiger partial charge is 0.324 e. The summed E-state index contributed by atoms with van der Waals surface area (Å²) >= 11 is 0. The van der Waals surface area contributed by atoms with Crippen molar-refractivity contribution in [2.24, 2.45) is 0 Å². The Morgan fingerprint density at radius 3 is 2.86 bits per heavy atom. The molecule has 2 fully saturated rings. The molecular weight excluding hydrogens is 356 g/mol. The van der Waals surface area contributed by atoms with E-state index in [0.717, 1.165) is 24.2 Å². The van der Waals surface area contributed by atoms with Crippen LogP contribution in [-0.2, 0) is 0 Å². The average Bonchev–Trinajstić information content (AvgIpc) is 3.48. The normalized spacial score (nSPS) is 20.0. The Morgan fingerprint density at radius 2 is 2.07 bits per heavy atom. The minimum absolute atomic E-state index is 0.00329. The van der Waals surface area contributed by atoms with Gasteiger partial charge < -0.3 is 14.2 Å². The van der Waals surface area contributed by atoms with Crippen molar-refractivity contribution in [1.82, 2.24) is 24.0 Å². The lowest BCUT2D eigenvalue weighted by Crippen LogP contribution is -2.29. The molecule has 8 nitrogen and oxygen atoms in total. The molecule has 5 rings (SSSR count). The largest absolute Gasteiger partial charge is 0.336 e. The van der Waals surface area contributed by atoms with Gasteiger partial charge in [-0.2, -0.15) is 5.10 Å². The topological polar surface area (TPSA) is 66.1 Å². The van der Waals surface area contributed by atoms with Crippen LogP contribution in [0.1, 0.15) is 22.8 Å². The second-order valence-electron chi connectivity index (χ2n) is 7.49. The van der Waals surface area contributed by atoms with Gasteiger partial charge in [-0.15, -0.1) is 0 Å². The molecule has 0 spiro atoms. The number of rotatable bonds is 3. The number of hydrogen-bond acceptors (Lipinski definition) is 3. The molecule has 144 valence electrons. The van der Waals surface area contributed by atoms with Crippen molar-refractivity contribution < 1.29 is 9.59 Å². The molecule has 2 aliphatic rings. The number of carbonyl (C=O) groups is 2. The van der Waals surface area contributed by atoms with Gasteiger partial charge in [-0.05, 0) is 24.6 Å². The Morgan fingerprint density at radius 1 is 1.18 bits per heavy atom. The molecule has 0 bridgehead atoms. The van der Waals surface area contributed by atoms with Crippen molar-refractivity contribution in [3.63, 3.8) is 0 Å². The first-order chi connectivity index (χ1) is 13.6. The summed E-state index contributed by atoms with van der Waals surface area (Å²) in [6.07, 6.45) is 8.34. The van der Waals surface area contributed by atoms with E-state index < -0.39 is 0 Å². The molecule has 28 heavy (non-hydrogen) atoms. The number of hydrogen-bond donors (Lipinski definition) is 0. The fraction of sp³-hybridized carbons (Fsp3) is 0.350. The van der Waals surface area contributed by atoms with Gasteiger partial charge in [-0.25, -0.2) is 4.79 Å². The van der Waals surface area contributed by atoms with Gasteiger partial charge >= 0.3 is 6.03 Å². The van der Waals surface area contributed by atoms with Gasteiger partial charge in [0.15, 0.2) is 0 Å². The van der Waals surface area contributed by atoms with Crippen molar-refractivity contribution >= 4 is 23.1 Å². The van der Waals surface area contributed by atoms with Crippen LogP contribution in [-0.4, -0.2) is 69.1 Å². The molecular formula is C20H22N6O2. The number of nitrogens with zero attached hydrogens (tertiary/aromatic N) is 6. The minimum atomic E-state index is 0.00329. The maximum Gasteiger partial charge on any atom is 0.324 e. The van der Waals surface area contributed by atoms with E-state index in [-0.39, 0.29) is 18.0 Å². The molecule has 2 aliphatic heterocycles. The first-order valence-corrected chi connectivity index (χ1v) is 9.53. The summed E-state index contributed by atoms with van der Waals surface area (Å²) in [5.74, 6) is 0.0509. The molecule has 0 saturated carbocycles. The lowest BCUT2D eigenvalue weighted by Gasteiger charge is -2.16. The number of likely N-dealkylation sites (tertiary alicyclic amines) is 1. The number of fused-ring (bicyclic) bond motifs is 1. The van der Waals surface area contributed by atoms with Crippen LogP contribution in [0.3, 0.4) is 0 Å². The average molecular weight is 378 g/mol. The number of pyridine rings is 1. The highest BCUT2D eigenvalue weighted by Crippen LogP contribution is 2.26. The van der Waals surface area contributed by atoms with Gasteiger partial charge in [0.2, 0.25) is 0 Å². The number of carbonyl (C=O) groups excluding carboxylic acids is 2. The van der Waals surface area contributed by atoms with Crippen LogP contribution >= 0.6 is 0 Å². The van der Waals surface area contributed by atoms with Crippen LogP contribution in [0.15, 0.2) is 49.1 Å². The number of likely N-dealkylation sites (N-methyl/N-ethyl adjacent to an activating group) is 1. The molecule has 3 amide bonds. The van der Waals surface area contributed by atoms with Crippen LogP contribution < -0.4 is 4.90 Å². The summed E-state index contributed by atoms with van der Waals surface area (Å²) in [4.78, 5) is 30.4. The second kappa shape index (κ2) is 6.40. The highest BCUT2D eigenvalue weighted by atomic mass is 16.2. The van der Waals surface area contributed by atoms with Crippen molar-refractivity contribution in [2.75, 3.05) is 38.1 Å². The number of anilines is 1. The first-order valence-electron chi connectivity index (χ1n) is 9.53. The van der Waals surface area contributed by atoms with E-state index in [1.807, 2.05) is 56.8 Å². The van der Waals surface area contributed by atoms with Gasteiger partial charge in [0, 0.05) is 57.3 Å². The molecule has 1 atom stereocenters. The van der Waals surface area contributed by atoms with Crippen LogP contribution in [0.4, 0.5) is 10.5 Å². The highest BCUT2D eigenvalue weighted by molar-refractivity contribution is 5.96. The molecule has 0 aliphatic carbocycles. The molecule has 3 aromatic rings. The van der Waals surface area contributed by atoms with Crippen LogP contribution in [0.25, 0.3) is 5.52 Å². The summed E-state index contributed by atoms with van der Waals surface area (Å²) in [5.41, 5.74) is 2.54. The SMILES string of the molecule is CN1CCN(c2cnn(C3CCN(C(=O)c4cc5ccccn5c4)C3)c2)C1=O. The van der Waals surface area contributed by atoms with E-state index in [1.54, 1.807) is 23.0 Å². The second-order valence-corrected chi connectivity index (χ2v) is 7.49. The molecule has 5 heterocycles. The zero-order valence-electron chi connectivity index (χ0n) is 15.7. The number of urea groups is 1. The van der Waals surface area contributed by atoms with E-state index in [0.29, 0.717) is 25.2 Å². The Hall–Kier alpha value is -3.29. The predicted molar refractivity (Wildman–Crippen MR) is 105 cm³/mol. The van der Waals surface area contributed by atoms with E-state index in [4.69, 9.17) is 0 Å². The molecule has 0 radical (unpaired) electrons. The van der Waals surface area contributed by atoms with Crippen molar-refractivity contribution in [1.29, 1.82) is 0 Å². The summed E-state index contributed by atoms with van der Waals surface area (Å²) in [5, 5.41) is 4.47. The molecule has 2 saturated heterocycles. The van der Waals surface area contributed by atoms with Crippen molar-refractivity contribution in [2.45, 2.75) is 12.5 Å². The predicted octanol–water partition coefficient (Wildman–Crippen LogP) is 2.09. The Balaban J connectivity index is 1.29. The quantitative estimate of drug-likeness (QED) is 0.701. The van der Waals surface area contributed by atoms with Gasteiger partial charge in [0.05, 0.1) is 23.5 Å². The summed E-state index contributed by atoms with van der Waals surface area (Å²) in [6, 6.07) is 7.97. The monoisotopic (exact) mass is 378 g/mol. The zero-order chi connectivity index (χ0) is 19.3. The number of aromatic nitrogens is 3. The van der Waals surface area contributed by atoms with Crippen LogP contribution in [0, 0.1) is 0 Å².